The van der Waals surface area contributed by atoms with Crippen molar-refractivity contribution in [3.63, 3.8) is 0 Å². The van der Waals surface area contributed by atoms with Gasteiger partial charge in [-0.25, -0.2) is 0 Å². The molecule has 0 aromatic heterocycles. The number of aliphatic carboxylic acids is 1. The van der Waals surface area contributed by atoms with Gasteiger partial charge >= 0.3 is 5.97 Å². The fourth-order valence-electron chi connectivity index (χ4n) is 0.966. The number of aliphatic hydroxyl groups excluding tert-OH is 2. The zero-order valence-electron chi connectivity index (χ0n) is 12.2. The highest BCUT2D eigenvalue weighted by Gasteiger charge is 2.36. The highest BCUT2D eigenvalue weighted by Crippen LogP contribution is 2.36. The lowest BCUT2D eigenvalue weighted by atomic mass is 10.1. The smallest absolute Gasteiger partial charge is 0.306 e. The van der Waals surface area contributed by atoms with Gasteiger partial charge in [-0.2, -0.15) is 0 Å². The lowest BCUT2D eigenvalue weighted by molar-refractivity contribution is -0.140. The van der Waals surface area contributed by atoms with Crippen LogP contribution in [0.1, 0.15) is 27.2 Å². The Labute approximate surface area is 115 Å². The summed E-state index contributed by atoms with van der Waals surface area (Å²) >= 11 is 0. The van der Waals surface area contributed by atoms with Crippen LogP contribution in [0.3, 0.4) is 0 Å². The molecule has 0 amide bonds. The van der Waals surface area contributed by atoms with Gasteiger partial charge in [-0.1, -0.05) is 32.6 Å². The quantitative estimate of drug-likeness (QED) is 0.523. The van der Waals surface area contributed by atoms with Crippen LogP contribution < -0.4 is 0 Å². The summed E-state index contributed by atoms with van der Waals surface area (Å²) in [5.74, 6) is 3.85. The van der Waals surface area contributed by atoms with Gasteiger partial charge in [0, 0.05) is 0 Å². The molecule has 0 aliphatic heterocycles. The number of hydrogen-bond donors (Lipinski definition) is 3. The Morgan fingerprint density at radius 3 is 2.26 bits per heavy atom. The fraction of sp³-hybridized carbons (Fsp3) is 0.769. The van der Waals surface area contributed by atoms with E-state index in [0.29, 0.717) is 0 Å². The highest BCUT2D eigenvalue weighted by atomic mass is 28.4. The summed E-state index contributed by atoms with van der Waals surface area (Å²) in [7, 11) is -1.87. The summed E-state index contributed by atoms with van der Waals surface area (Å²) in [6.07, 6.45) is -3.27. The van der Waals surface area contributed by atoms with Crippen LogP contribution >= 0.6 is 0 Å². The number of hydrogen-bond acceptors (Lipinski definition) is 4. The summed E-state index contributed by atoms with van der Waals surface area (Å²) in [5.41, 5.74) is 0. The maximum absolute atomic E-state index is 10.3. The Balaban J connectivity index is 4.29. The van der Waals surface area contributed by atoms with Gasteiger partial charge in [0.1, 0.15) is 12.2 Å². The van der Waals surface area contributed by atoms with Crippen LogP contribution in [0.5, 0.6) is 0 Å². The van der Waals surface area contributed by atoms with Crippen LogP contribution in [0.15, 0.2) is 0 Å². The minimum absolute atomic E-state index is 0.0795. The molecular weight excluding hydrogens is 264 g/mol. The van der Waals surface area contributed by atoms with Crippen molar-refractivity contribution in [1.82, 2.24) is 0 Å². The summed E-state index contributed by atoms with van der Waals surface area (Å²) in [4.78, 5) is 10.3. The van der Waals surface area contributed by atoms with Gasteiger partial charge < -0.3 is 19.7 Å². The van der Waals surface area contributed by atoms with E-state index in [1.54, 1.807) is 0 Å². The maximum Gasteiger partial charge on any atom is 0.306 e. The first-order valence-electron chi connectivity index (χ1n) is 6.17. The third-order valence-corrected chi connectivity index (χ3v) is 7.79. The first kappa shape index (κ1) is 18.1. The second-order valence-corrected chi connectivity index (χ2v) is 10.8. The lowest BCUT2D eigenvalue weighted by Crippen LogP contribution is -2.40. The SMILES string of the molecule is CC(C)(C)[Si](C)(C)OCC#CC(O)C(O)CC(=O)O. The molecule has 19 heavy (non-hydrogen) atoms. The van der Waals surface area contributed by atoms with Crippen molar-refractivity contribution < 1.29 is 24.5 Å². The van der Waals surface area contributed by atoms with Crippen molar-refractivity contribution in [2.45, 2.75) is 57.5 Å². The van der Waals surface area contributed by atoms with E-state index in [0.717, 1.165) is 0 Å². The molecule has 0 bridgehead atoms. The van der Waals surface area contributed by atoms with Crippen molar-refractivity contribution in [1.29, 1.82) is 0 Å². The molecule has 0 rings (SSSR count). The molecule has 0 saturated heterocycles. The van der Waals surface area contributed by atoms with Gasteiger partial charge in [-0.15, -0.1) is 0 Å². The molecule has 0 aromatic carbocycles. The van der Waals surface area contributed by atoms with Gasteiger partial charge in [0.2, 0.25) is 0 Å². The number of aliphatic hydroxyl groups is 2. The molecule has 0 aromatic rings. The number of carboxylic acid groups (broad SMARTS) is 1. The van der Waals surface area contributed by atoms with Gasteiger partial charge in [-0.3, -0.25) is 4.79 Å². The van der Waals surface area contributed by atoms with Crippen molar-refractivity contribution in [3.8, 4) is 11.8 Å². The molecule has 0 spiro atoms. The minimum Gasteiger partial charge on any atom is -0.481 e. The number of carbonyl (C=O) groups is 1. The molecule has 110 valence electrons. The topological polar surface area (TPSA) is 87.0 Å². The van der Waals surface area contributed by atoms with Crippen LogP contribution in [0.4, 0.5) is 0 Å². The maximum atomic E-state index is 10.3. The van der Waals surface area contributed by atoms with Gasteiger partial charge in [0.25, 0.3) is 0 Å². The molecule has 6 heteroatoms. The standard InChI is InChI=1S/C13H24O5Si/c1-13(2,3)19(4,5)18-8-6-7-10(14)11(15)9-12(16)17/h10-11,14-15H,8-9H2,1-5H3,(H,16,17). The first-order valence-corrected chi connectivity index (χ1v) is 9.08. The molecule has 0 fully saturated rings. The van der Waals surface area contributed by atoms with E-state index in [1.807, 2.05) is 0 Å². The van der Waals surface area contributed by atoms with Crippen molar-refractivity contribution in [2.24, 2.45) is 0 Å². The van der Waals surface area contributed by atoms with Crippen molar-refractivity contribution >= 4 is 14.3 Å². The van der Waals surface area contributed by atoms with Crippen LogP contribution in [-0.4, -0.2) is 48.4 Å². The zero-order chi connectivity index (χ0) is 15.3. The Hall–Kier alpha value is -0.873. The van der Waals surface area contributed by atoms with E-state index in [9.17, 15) is 15.0 Å². The van der Waals surface area contributed by atoms with E-state index < -0.39 is 32.9 Å². The van der Waals surface area contributed by atoms with E-state index >= 15 is 0 Å². The molecule has 0 radical (unpaired) electrons. The Morgan fingerprint density at radius 2 is 1.84 bits per heavy atom. The summed E-state index contributed by atoms with van der Waals surface area (Å²) < 4.78 is 5.76. The molecule has 3 N–H and O–H groups in total. The molecule has 0 aliphatic rings. The minimum atomic E-state index is -1.87. The first-order chi connectivity index (χ1) is 8.47. The van der Waals surface area contributed by atoms with E-state index in [-0.39, 0.29) is 11.6 Å². The van der Waals surface area contributed by atoms with Crippen LogP contribution in [0.2, 0.25) is 18.1 Å². The van der Waals surface area contributed by atoms with Gasteiger partial charge in [0.05, 0.1) is 13.0 Å². The third kappa shape index (κ3) is 6.73. The lowest BCUT2D eigenvalue weighted by Gasteiger charge is -2.35. The third-order valence-electron chi connectivity index (χ3n) is 3.31. The molecule has 2 unspecified atom stereocenters. The fourth-order valence-corrected chi connectivity index (χ4v) is 1.83. The van der Waals surface area contributed by atoms with Crippen LogP contribution in [-0.2, 0) is 9.22 Å². The molecular formula is C13H24O5Si. The Morgan fingerprint density at radius 1 is 1.32 bits per heavy atom. The zero-order valence-corrected chi connectivity index (χ0v) is 13.2. The Bertz CT molecular complexity index is 361. The number of rotatable bonds is 5. The molecule has 0 heterocycles. The molecule has 0 aliphatic carbocycles. The predicted molar refractivity (Wildman–Crippen MR) is 75.2 cm³/mol. The number of carboxylic acids is 1. The van der Waals surface area contributed by atoms with E-state index in [2.05, 4.69) is 45.7 Å². The Kier molecular flexibility index (Phi) is 6.73. The molecule has 5 nitrogen and oxygen atoms in total. The second kappa shape index (κ2) is 7.06. The van der Waals surface area contributed by atoms with Crippen LogP contribution in [0.25, 0.3) is 0 Å². The molecule has 0 saturated carbocycles. The monoisotopic (exact) mass is 288 g/mol. The summed E-state index contributed by atoms with van der Waals surface area (Å²) in [6, 6.07) is 0. The average molecular weight is 288 g/mol. The van der Waals surface area contributed by atoms with E-state index in [1.165, 1.54) is 0 Å². The largest absolute Gasteiger partial charge is 0.481 e. The van der Waals surface area contributed by atoms with Gasteiger partial charge in [-0.05, 0) is 18.1 Å². The second-order valence-electron chi connectivity index (χ2n) is 5.98. The predicted octanol–water partition coefficient (Wildman–Crippen LogP) is 1.21. The van der Waals surface area contributed by atoms with Crippen molar-refractivity contribution in [3.05, 3.63) is 0 Å². The van der Waals surface area contributed by atoms with Gasteiger partial charge in [0.15, 0.2) is 8.32 Å². The van der Waals surface area contributed by atoms with E-state index in [4.69, 9.17) is 9.53 Å². The molecule has 2 atom stereocenters. The highest BCUT2D eigenvalue weighted by molar-refractivity contribution is 6.74. The summed E-state index contributed by atoms with van der Waals surface area (Å²) in [5, 5.41) is 27.3. The van der Waals surface area contributed by atoms with Crippen LogP contribution in [0, 0.1) is 11.8 Å². The van der Waals surface area contributed by atoms with Crippen molar-refractivity contribution in [2.75, 3.05) is 6.61 Å². The summed E-state index contributed by atoms with van der Waals surface area (Å²) in [6.45, 7) is 10.7. The normalized spacial score (nSPS) is 15.3. The average Bonchev–Trinajstić information content (AvgIpc) is 2.21.